The first-order valence-corrected chi connectivity index (χ1v) is 7.71. The molecule has 0 saturated heterocycles. The van der Waals surface area contributed by atoms with E-state index in [1.165, 1.54) is 19.3 Å². The van der Waals surface area contributed by atoms with Crippen LogP contribution in [0.2, 0.25) is 5.02 Å². The Morgan fingerprint density at radius 3 is 2.80 bits per heavy atom. The lowest BCUT2D eigenvalue weighted by Crippen LogP contribution is -2.34. The summed E-state index contributed by atoms with van der Waals surface area (Å²) in [6.07, 6.45) is 5.69. The van der Waals surface area contributed by atoms with E-state index in [-0.39, 0.29) is 11.8 Å². The Labute approximate surface area is 125 Å². The highest BCUT2D eigenvalue weighted by atomic mass is 35.5. The van der Waals surface area contributed by atoms with Gasteiger partial charge >= 0.3 is 0 Å². The predicted octanol–water partition coefficient (Wildman–Crippen LogP) is 3.72. The average Bonchev–Trinajstić information content (AvgIpc) is 2.48. The molecule has 0 atom stereocenters. The predicted molar refractivity (Wildman–Crippen MR) is 81.3 cm³/mol. The van der Waals surface area contributed by atoms with Crippen LogP contribution < -0.4 is 10.1 Å². The zero-order valence-corrected chi connectivity index (χ0v) is 12.7. The first kappa shape index (κ1) is 15.2. The Kier molecular flexibility index (Phi) is 5.72. The van der Waals surface area contributed by atoms with Crippen LogP contribution in [-0.4, -0.2) is 19.1 Å². The molecule has 2 rings (SSSR count). The second kappa shape index (κ2) is 7.53. The minimum atomic E-state index is 0.181. The van der Waals surface area contributed by atoms with Gasteiger partial charge in [-0.3, -0.25) is 4.79 Å². The highest BCUT2D eigenvalue weighted by Gasteiger charge is 2.20. The Hall–Kier alpha value is -1.22. The van der Waals surface area contributed by atoms with Crippen LogP contribution in [-0.2, 0) is 4.79 Å². The number of hydrogen-bond acceptors (Lipinski definition) is 2. The van der Waals surface area contributed by atoms with Gasteiger partial charge in [-0.1, -0.05) is 30.9 Å². The van der Waals surface area contributed by atoms with Crippen molar-refractivity contribution in [1.82, 2.24) is 5.32 Å². The Balaban J connectivity index is 1.68. The number of hydrogen-bond donors (Lipinski definition) is 1. The molecule has 0 spiro atoms. The molecular formula is C16H22ClNO2. The molecule has 1 aromatic rings. The molecule has 1 fully saturated rings. The Morgan fingerprint density at radius 1 is 1.35 bits per heavy atom. The molecule has 1 aliphatic rings. The average molecular weight is 296 g/mol. The van der Waals surface area contributed by atoms with Crippen molar-refractivity contribution in [3.05, 3.63) is 28.8 Å². The van der Waals surface area contributed by atoms with E-state index in [2.05, 4.69) is 5.32 Å². The van der Waals surface area contributed by atoms with E-state index in [1.807, 2.05) is 25.1 Å². The molecule has 3 nitrogen and oxygen atoms in total. The van der Waals surface area contributed by atoms with Crippen molar-refractivity contribution in [3.8, 4) is 5.75 Å². The van der Waals surface area contributed by atoms with Gasteiger partial charge < -0.3 is 10.1 Å². The van der Waals surface area contributed by atoms with Crippen LogP contribution in [0.5, 0.6) is 5.75 Å². The van der Waals surface area contributed by atoms with Crippen molar-refractivity contribution >= 4 is 17.5 Å². The van der Waals surface area contributed by atoms with Gasteiger partial charge in [0.2, 0.25) is 5.91 Å². The number of halogens is 1. The van der Waals surface area contributed by atoms with Gasteiger partial charge in [-0.05, 0) is 43.5 Å². The van der Waals surface area contributed by atoms with Crippen LogP contribution in [0.25, 0.3) is 0 Å². The fourth-order valence-electron chi connectivity index (χ4n) is 2.56. The van der Waals surface area contributed by atoms with Crippen LogP contribution in [0.1, 0.15) is 37.7 Å². The molecular weight excluding hydrogens is 274 g/mol. The summed E-state index contributed by atoms with van der Waals surface area (Å²) in [6, 6.07) is 5.58. The molecule has 0 aliphatic heterocycles. The van der Waals surface area contributed by atoms with Gasteiger partial charge in [0, 0.05) is 10.9 Å². The Morgan fingerprint density at radius 2 is 2.10 bits per heavy atom. The molecule has 1 amide bonds. The van der Waals surface area contributed by atoms with E-state index in [1.54, 1.807) is 0 Å². The molecule has 0 radical (unpaired) electrons. The third-order valence-corrected chi connectivity index (χ3v) is 4.20. The largest absolute Gasteiger partial charge is 0.492 e. The summed E-state index contributed by atoms with van der Waals surface area (Å²) in [5.41, 5.74) is 0.996. The molecule has 0 aromatic heterocycles. The molecule has 110 valence electrons. The number of rotatable bonds is 5. The van der Waals surface area contributed by atoms with Gasteiger partial charge in [0.1, 0.15) is 12.4 Å². The highest BCUT2D eigenvalue weighted by Crippen LogP contribution is 2.23. The maximum Gasteiger partial charge on any atom is 0.223 e. The monoisotopic (exact) mass is 295 g/mol. The van der Waals surface area contributed by atoms with Gasteiger partial charge in [0.05, 0.1) is 6.54 Å². The number of nitrogens with one attached hydrogen (secondary N) is 1. The molecule has 0 heterocycles. The molecule has 20 heavy (non-hydrogen) atoms. The van der Waals surface area contributed by atoms with Crippen molar-refractivity contribution in [2.45, 2.75) is 39.0 Å². The second-order valence-electron chi connectivity index (χ2n) is 5.39. The number of ether oxygens (including phenoxy) is 1. The summed E-state index contributed by atoms with van der Waals surface area (Å²) in [5, 5.41) is 3.70. The number of carbonyl (C=O) groups excluding carboxylic acids is 1. The van der Waals surface area contributed by atoms with Crippen LogP contribution in [0.3, 0.4) is 0 Å². The van der Waals surface area contributed by atoms with Crippen LogP contribution >= 0.6 is 11.6 Å². The lowest BCUT2D eigenvalue weighted by molar-refractivity contribution is -0.126. The van der Waals surface area contributed by atoms with Crippen molar-refractivity contribution in [2.24, 2.45) is 5.92 Å². The van der Waals surface area contributed by atoms with E-state index < -0.39 is 0 Å². The van der Waals surface area contributed by atoms with E-state index in [4.69, 9.17) is 16.3 Å². The van der Waals surface area contributed by atoms with Gasteiger partial charge in [-0.15, -0.1) is 0 Å². The third-order valence-electron chi connectivity index (χ3n) is 3.78. The molecule has 0 bridgehead atoms. The minimum absolute atomic E-state index is 0.181. The fourth-order valence-corrected chi connectivity index (χ4v) is 2.68. The van der Waals surface area contributed by atoms with Gasteiger partial charge in [0.25, 0.3) is 0 Å². The van der Waals surface area contributed by atoms with Crippen LogP contribution in [0, 0.1) is 12.8 Å². The van der Waals surface area contributed by atoms with Crippen molar-refractivity contribution in [3.63, 3.8) is 0 Å². The number of benzene rings is 1. The summed E-state index contributed by atoms with van der Waals surface area (Å²) in [6.45, 7) is 2.98. The van der Waals surface area contributed by atoms with E-state index in [0.29, 0.717) is 13.2 Å². The molecule has 4 heteroatoms. The van der Waals surface area contributed by atoms with Crippen molar-refractivity contribution in [2.75, 3.05) is 13.2 Å². The zero-order valence-electron chi connectivity index (χ0n) is 12.0. The second-order valence-corrected chi connectivity index (χ2v) is 5.79. The van der Waals surface area contributed by atoms with Gasteiger partial charge in [-0.2, -0.15) is 0 Å². The SMILES string of the molecule is Cc1cc(OCCNC(=O)C2CCCCC2)ccc1Cl. The van der Waals surface area contributed by atoms with Crippen LogP contribution in [0.4, 0.5) is 0 Å². The maximum atomic E-state index is 11.9. The first-order valence-electron chi connectivity index (χ1n) is 7.33. The minimum Gasteiger partial charge on any atom is -0.492 e. The van der Waals surface area contributed by atoms with Crippen LogP contribution in [0.15, 0.2) is 18.2 Å². The highest BCUT2D eigenvalue weighted by molar-refractivity contribution is 6.31. The summed E-state index contributed by atoms with van der Waals surface area (Å²) < 4.78 is 5.61. The standard InChI is InChI=1S/C16H22ClNO2/c1-12-11-14(7-8-15(12)17)20-10-9-18-16(19)13-5-3-2-4-6-13/h7-8,11,13H,2-6,9-10H2,1H3,(H,18,19). The number of amides is 1. The zero-order chi connectivity index (χ0) is 14.4. The Bertz CT molecular complexity index is 456. The fraction of sp³-hybridized carbons (Fsp3) is 0.562. The summed E-state index contributed by atoms with van der Waals surface area (Å²) in [4.78, 5) is 11.9. The summed E-state index contributed by atoms with van der Waals surface area (Å²) >= 11 is 5.96. The molecule has 1 saturated carbocycles. The maximum absolute atomic E-state index is 11.9. The quantitative estimate of drug-likeness (QED) is 0.841. The molecule has 1 aliphatic carbocycles. The normalized spacial score (nSPS) is 15.9. The lowest BCUT2D eigenvalue weighted by atomic mass is 9.89. The molecule has 1 aromatic carbocycles. The van der Waals surface area contributed by atoms with Crippen molar-refractivity contribution in [1.29, 1.82) is 0 Å². The smallest absolute Gasteiger partial charge is 0.223 e. The van der Waals surface area contributed by atoms with E-state index >= 15 is 0 Å². The summed E-state index contributed by atoms with van der Waals surface area (Å²) in [5.74, 6) is 1.18. The topological polar surface area (TPSA) is 38.3 Å². The molecule has 1 N–H and O–H groups in total. The summed E-state index contributed by atoms with van der Waals surface area (Å²) in [7, 11) is 0. The number of aryl methyl sites for hydroxylation is 1. The lowest BCUT2D eigenvalue weighted by Gasteiger charge is -2.20. The van der Waals surface area contributed by atoms with Gasteiger partial charge in [-0.25, -0.2) is 0 Å². The first-order chi connectivity index (χ1) is 9.66. The van der Waals surface area contributed by atoms with Gasteiger partial charge in [0.15, 0.2) is 0 Å². The number of carbonyl (C=O) groups is 1. The van der Waals surface area contributed by atoms with E-state index in [0.717, 1.165) is 29.2 Å². The molecule has 0 unspecified atom stereocenters. The third kappa shape index (κ3) is 4.41. The van der Waals surface area contributed by atoms with Crippen molar-refractivity contribution < 1.29 is 9.53 Å². The van der Waals surface area contributed by atoms with E-state index in [9.17, 15) is 4.79 Å².